The summed E-state index contributed by atoms with van der Waals surface area (Å²) in [5, 5.41) is 0.978. The Bertz CT molecular complexity index is 993. The topological polar surface area (TPSA) is 51.9 Å². The smallest absolute Gasteiger partial charge is 0.336 e. The number of benzene rings is 2. The lowest BCUT2D eigenvalue weighted by molar-refractivity contribution is 0.316. The molecule has 3 aromatic rings. The molecule has 5 nitrogen and oxygen atoms in total. The van der Waals surface area contributed by atoms with E-state index in [0.717, 1.165) is 35.0 Å². The normalized spacial score (nSPS) is 11.1. The fourth-order valence-corrected chi connectivity index (χ4v) is 3.26. The molecule has 0 atom stereocenters. The van der Waals surface area contributed by atoms with Gasteiger partial charge in [0.2, 0.25) is 0 Å². The van der Waals surface area contributed by atoms with Gasteiger partial charge in [0.1, 0.15) is 5.58 Å². The highest BCUT2D eigenvalue weighted by Gasteiger charge is 2.11. The highest BCUT2D eigenvalue weighted by molar-refractivity contribution is 5.80. The van der Waals surface area contributed by atoms with Gasteiger partial charge in [-0.25, -0.2) is 4.79 Å². The van der Waals surface area contributed by atoms with Crippen molar-refractivity contribution in [2.75, 3.05) is 21.3 Å². The number of fused-ring (bicyclic) bond motifs is 1. The molecule has 1 aromatic heterocycles. The summed E-state index contributed by atoms with van der Waals surface area (Å²) in [7, 11) is 5.28. The maximum Gasteiger partial charge on any atom is 0.336 e. The van der Waals surface area contributed by atoms with Crippen LogP contribution in [-0.2, 0) is 19.5 Å². The van der Waals surface area contributed by atoms with Crippen molar-refractivity contribution in [3.8, 4) is 11.5 Å². The summed E-state index contributed by atoms with van der Waals surface area (Å²) in [5.74, 6) is 1.42. The first-order valence-corrected chi connectivity index (χ1v) is 8.99. The molecule has 0 aliphatic heterocycles. The van der Waals surface area contributed by atoms with Crippen LogP contribution >= 0.6 is 0 Å². The van der Waals surface area contributed by atoms with Gasteiger partial charge in [-0.3, -0.25) is 4.90 Å². The second kappa shape index (κ2) is 8.27. The van der Waals surface area contributed by atoms with Gasteiger partial charge in [-0.15, -0.1) is 0 Å². The zero-order valence-electron chi connectivity index (χ0n) is 16.2. The van der Waals surface area contributed by atoms with Gasteiger partial charge >= 0.3 is 5.63 Å². The van der Waals surface area contributed by atoms with E-state index in [9.17, 15) is 4.79 Å². The first-order valence-electron chi connectivity index (χ1n) is 8.99. The lowest BCUT2D eigenvalue weighted by atomic mass is 10.1. The van der Waals surface area contributed by atoms with E-state index in [1.807, 2.05) is 37.4 Å². The van der Waals surface area contributed by atoms with E-state index in [-0.39, 0.29) is 5.63 Å². The van der Waals surface area contributed by atoms with Crippen LogP contribution in [0.15, 0.2) is 51.7 Å². The van der Waals surface area contributed by atoms with Crippen molar-refractivity contribution < 1.29 is 13.9 Å². The summed E-state index contributed by atoms with van der Waals surface area (Å²) < 4.78 is 16.1. The van der Waals surface area contributed by atoms with E-state index >= 15 is 0 Å². The van der Waals surface area contributed by atoms with Gasteiger partial charge in [-0.2, -0.15) is 0 Å². The number of hydrogen-bond acceptors (Lipinski definition) is 5. The van der Waals surface area contributed by atoms with Gasteiger partial charge in [0.15, 0.2) is 11.5 Å². The molecule has 0 fully saturated rings. The molecule has 0 spiro atoms. The van der Waals surface area contributed by atoms with E-state index in [0.29, 0.717) is 23.6 Å². The van der Waals surface area contributed by atoms with E-state index in [2.05, 4.69) is 17.9 Å². The first kappa shape index (κ1) is 19.0. The highest BCUT2D eigenvalue weighted by Crippen LogP contribution is 2.28. The van der Waals surface area contributed by atoms with Crippen LogP contribution in [0.4, 0.5) is 0 Å². The minimum absolute atomic E-state index is 0.315. The molecule has 0 N–H and O–H groups in total. The Hall–Kier alpha value is -2.79. The molecule has 1 heterocycles. The van der Waals surface area contributed by atoms with Gasteiger partial charge in [0, 0.05) is 24.5 Å². The largest absolute Gasteiger partial charge is 0.493 e. The minimum Gasteiger partial charge on any atom is -0.493 e. The van der Waals surface area contributed by atoms with Crippen molar-refractivity contribution >= 4 is 11.0 Å². The molecule has 142 valence electrons. The van der Waals surface area contributed by atoms with Gasteiger partial charge in [0.25, 0.3) is 0 Å². The van der Waals surface area contributed by atoms with Crippen LogP contribution in [-0.4, -0.2) is 26.2 Å². The SMILES string of the molecule is CCc1ccc2c(CN(C)Cc3ccc(OC)c(OC)c3)cc(=O)oc2c1. The predicted octanol–water partition coefficient (Wildman–Crippen LogP) is 4.00. The summed E-state index contributed by atoms with van der Waals surface area (Å²) >= 11 is 0. The first-order chi connectivity index (χ1) is 13.0. The third kappa shape index (κ3) is 4.31. The van der Waals surface area contributed by atoms with Crippen LogP contribution in [0.5, 0.6) is 11.5 Å². The fraction of sp³-hybridized carbons (Fsp3) is 0.318. The number of hydrogen-bond donors (Lipinski definition) is 0. The zero-order chi connectivity index (χ0) is 19.4. The maximum atomic E-state index is 12.0. The highest BCUT2D eigenvalue weighted by atomic mass is 16.5. The van der Waals surface area contributed by atoms with E-state index in [1.54, 1.807) is 20.3 Å². The number of rotatable bonds is 7. The molecule has 2 aromatic carbocycles. The quantitative estimate of drug-likeness (QED) is 0.591. The molecule has 27 heavy (non-hydrogen) atoms. The van der Waals surface area contributed by atoms with Crippen LogP contribution in [0.3, 0.4) is 0 Å². The predicted molar refractivity (Wildman–Crippen MR) is 107 cm³/mol. The Morgan fingerprint density at radius 2 is 1.67 bits per heavy atom. The molecule has 0 unspecified atom stereocenters. The number of methoxy groups -OCH3 is 2. The summed E-state index contributed by atoms with van der Waals surface area (Å²) in [4.78, 5) is 14.1. The molecule has 0 bridgehead atoms. The minimum atomic E-state index is -0.315. The Kier molecular flexibility index (Phi) is 5.81. The van der Waals surface area contributed by atoms with Crippen molar-refractivity contribution in [2.45, 2.75) is 26.4 Å². The Balaban J connectivity index is 1.84. The summed E-state index contributed by atoms with van der Waals surface area (Å²) in [5.41, 5.74) is 3.56. The van der Waals surface area contributed by atoms with Gasteiger partial charge in [0.05, 0.1) is 14.2 Å². The van der Waals surface area contributed by atoms with Crippen molar-refractivity contribution in [3.05, 3.63) is 69.6 Å². The monoisotopic (exact) mass is 367 g/mol. The fourth-order valence-electron chi connectivity index (χ4n) is 3.26. The second-order valence-electron chi connectivity index (χ2n) is 6.64. The summed E-state index contributed by atoms with van der Waals surface area (Å²) in [6, 6.07) is 13.6. The van der Waals surface area contributed by atoms with E-state index < -0.39 is 0 Å². The Labute approximate surface area is 159 Å². The molecular formula is C22H25NO4. The molecule has 0 saturated heterocycles. The van der Waals surface area contributed by atoms with Crippen molar-refractivity contribution in [1.29, 1.82) is 0 Å². The average molecular weight is 367 g/mol. The third-order valence-electron chi connectivity index (χ3n) is 4.64. The number of nitrogens with zero attached hydrogens (tertiary/aromatic N) is 1. The Morgan fingerprint density at radius 3 is 2.37 bits per heavy atom. The molecule has 0 saturated carbocycles. The van der Waals surface area contributed by atoms with Gasteiger partial charge in [-0.1, -0.05) is 25.1 Å². The van der Waals surface area contributed by atoms with Crippen LogP contribution in [0.2, 0.25) is 0 Å². The van der Waals surface area contributed by atoms with Crippen LogP contribution in [0.25, 0.3) is 11.0 Å². The van der Waals surface area contributed by atoms with Crippen LogP contribution < -0.4 is 15.1 Å². The molecule has 5 heteroatoms. The zero-order valence-corrected chi connectivity index (χ0v) is 16.2. The molecule has 0 aliphatic carbocycles. The lowest BCUT2D eigenvalue weighted by Gasteiger charge is -2.18. The lowest BCUT2D eigenvalue weighted by Crippen LogP contribution is -2.18. The van der Waals surface area contributed by atoms with E-state index in [4.69, 9.17) is 13.9 Å². The van der Waals surface area contributed by atoms with Crippen molar-refractivity contribution in [3.63, 3.8) is 0 Å². The van der Waals surface area contributed by atoms with E-state index in [1.165, 1.54) is 0 Å². The third-order valence-corrected chi connectivity index (χ3v) is 4.64. The molecule has 0 radical (unpaired) electrons. The number of aryl methyl sites for hydroxylation is 1. The second-order valence-corrected chi connectivity index (χ2v) is 6.64. The average Bonchev–Trinajstić information content (AvgIpc) is 2.67. The van der Waals surface area contributed by atoms with Crippen LogP contribution in [0, 0.1) is 0 Å². The molecule has 3 rings (SSSR count). The van der Waals surface area contributed by atoms with Gasteiger partial charge < -0.3 is 13.9 Å². The summed E-state index contributed by atoms with van der Waals surface area (Å²) in [6.45, 7) is 3.44. The van der Waals surface area contributed by atoms with Crippen molar-refractivity contribution in [1.82, 2.24) is 4.90 Å². The van der Waals surface area contributed by atoms with Crippen molar-refractivity contribution in [2.24, 2.45) is 0 Å². The molecule has 0 aliphatic rings. The standard InChI is InChI=1S/C22H25NO4/c1-5-15-6-8-18-17(12-22(24)27-20(18)10-15)14-23(2)13-16-7-9-19(25-3)21(11-16)26-4/h6-12H,5,13-14H2,1-4H3. The molecular weight excluding hydrogens is 342 g/mol. The molecule has 0 amide bonds. The Morgan fingerprint density at radius 1 is 0.926 bits per heavy atom. The van der Waals surface area contributed by atoms with Gasteiger partial charge in [-0.05, 0) is 48.4 Å². The number of ether oxygens (including phenoxy) is 2. The maximum absolute atomic E-state index is 12.0. The summed E-state index contributed by atoms with van der Waals surface area (Å²) in [6.07, 6.45) is 0.906. The van der Waals surface area contributed by atoms with Crippen LogP contribution in [0.1, 0.15) is 23.6 Å².